The summed E-state index contributed by atoms with van der Waals surface area (Å²) >= 11 is 0. The van der Waals surface area contributed by atoms with Crippen LogP contribution in [0.15, 0.2) is 47.3 Å². The van der Waals surface area contributed by atoms with Crippen LogP contribution >= 0.6 is 0 Å². The van der Waals surface area contributed by atoms with E-state index in [1.807, 2.05) is 28.8 Å². The Morgan fingerprint density at radius 3 is 2.55 bits per heavy atom. The largest absolute Gasteiger partial charge is 0.310 e. The Hall–Kier alpha value is -1.87. The summed E-state index contributed by atoms with van der Waals surface area (Å²) < 4.78 is 1.96. The van der Waals surface area contributed by atoms with Crippen molar-refractivity contribution in [2.24, 2.45) is 0 Å². The van der Waals surface area contributed by atoms with Gasteiger partial charge in [0, 0.05) is 24.2 Å². The van der Waals surface area contributed by atoms with E-state index in [1.165, 1.54) is 12.8 Å². The second-order valence-corrected chi connectivity index (χ2v) is 6.20. The predicted octanol–water partition coefficient (Wildman–Crippen LogP) is 3.74. The smallest absolute Gasteiger partial charge is 0.255 e. The molecule has 0 aliphatic heterocycles. The average Bonchev–Trinajstić information content (AvgIpc) is 3.38. The SMILES string of the molecule is CCC(C)n1c(-c2ccccc2)ccc(CNC2CC2)c1=O. The highest BCUT2D eigenvalue weighted by Gasteiger charge is 2.21. The first-order chi connectivity index (χ1) is 10.7. The molecular formula is C19H24N2O. The van der Waals surface area contributed by atoms with Gasteiger partial charge in [-0.25, -0.2) is 0 Å². The van der Waals surface area contributed by atoms with Crippen LogP contribution in [0.3, 0.4) is 0 Å². The molecular weight excluding hydrogens is 272 g/mol. The van der Waals surface area contributed by atoms with Crippen molar-refractivity contribution in [1.29, 1.82) is 0 Å². The van der Waals surface area contributed by atoms with Gasteiger partial charge in [0.15, 0.2) is 0 Å². The van der Waals surface area contributed by atoms with Crippen LogP contribution in [0.5, 0.6) is 0 Å². The van der Waals surface area contributed by atoms with Crippen LogP contribution in [-0.2, 0) is 6.54 Å². The molecule has 1 fully saturated rings. The summed E-state index contributed by atoms with van der Waals surface area (Å²) in [6.07, 6.45) is 3.42. The molecule has 0 radical (unpaired) electrons. The van der Waals surface area contributed by atoms with E-state index in [0.717, 1.165) is 23.2 Å². The van der Waals surface area contributed by atoms with Crippen LogP contribution < -0.4 is 10.9 Å². The molecule has 0 spiro atoms. The molecule has 1 saturated carbocycles. The standard InChI is InChI=1S/C19H24N2O/c1-3-14(2)21-18(15-7-5-4-6-8-15)12-9-16(19(21)22)13-20-17-10-11-17/h4-9,12,14,17,20H,3,10-11,13H2,1-2H3. The van der Waals surface area contributed by atoms with Crippen molar-refractivity contribution in [3.8, 4) is 11.3 Å². The van der Waals surface area contributed by atoms with Crippen molar-refractivity contribution in [3.05, 3.63) is 58.4 Å². The van der Waals surface area contributed by atoms with Gasteiger partial charge in [-0.2, -0.15) is 0 Å². The zero-order valence-corrected chi connectivity index (χ0v) is 13.4. The molecule has 0 amide bonds. The highest BCUT2D eigenvalue weighted by atomic mass is 16.1. The van der Waals surface area contributed by atoms with Gasteiger partial charge in [0.05, 0.1) is 5.69 Å². The monoisotopic (exact) mass is 296 g/mol. The number of hydrogen-bond acceptors (Lipinski definition) is 2. The summed E-state index contributed by atoms with van der Waals surface area (Å²) in [5.41, 5.74) is 3.12. The van der Waals surface area contributed by atoms with E-state index in [-0.39, 0.29) is 11.6 Å². The first-order valence-electron chi connectivity index (χ1n) is 8.24. The zero-order chi connectivity index (χ0) is 15.5. The summed E-state index contributed by atoms with van der Waals surface area (Å²) in [4.78, 5) is 12.9. The lowest BCUT2D eigenvalue weighted by Gasteiger charge is -2.20. The lowest BCUT2D eigenvalue weighted by molar-refractivity contribution is 0.513. The van der Waals surface area contributed by atoms with Crippen molar-refractivity contribution in [2.75, 3.05) is 0 Å². The quantitative estimate of drug-likeness (QED) is 0.881. The van der Waals surface area contributed by atoms with E-state index in [1.54, 1.807) is 0 Å². The van der Waals surface area contributed by atoms with Gasteiger partial charge in [0.25, 0.3) is 5.56 Å². The fourth-order valence-corrected chi connectivity index (χ4v) is 2.74. The number of nitrogens with one attached hydrogen (secondary N) is 1. The topological polar surface area (TPSA) is 34.0 Å². The van der Waals surface area contributed by atoms with Crippen molar-refractivity contribution in [2.45, 2.75) is 51.7 Å². The van der Waals surface area contributed by atoms with E-state index in [4.69, 9.17) is 0 Å². The highest BCUT2D eigenvalue weighted by molar-refractivity contribution is 5.59. The van der Waals surface area contributed by atoms with Gasteiger partial charge < -0.3 is 9.88 Å². The molecule has 2 aromatic rings. The molecule has 3 nitrogen and oxygen atoms in total. The normalized spacial score (nSPS) is 15.7. The minimum absolute atomic E-state index is 0.142. The Morgan fingerprint density at radius 1 is 1.18 bits per heavy atom. The first-order valence-corrected chi connectivity index (χ1v) is 8.24. The van der Waals surface area contributed by atoms with Crippen LogP contribution in [0.2, 0.25) is 0 Å². The number of rotatable bonds is 6. The molecule has 0 saturated heterocycles. The molecule has 1 aliphatic carbocycles. The Morgan fingerprint density at radius 2 is 1.91 bits per heavy atom. The molecule has 1 aliphatic rings. The second-order valence-electron chi connectivity index (χ2n) is 6.20. The minimum Gasteiger partial charge on any atom is -0.310 e. The maximum Gasteiger partial charge on any atom is 0.255 e. The first kappa shape index (κ1) is 15.0. The Kier molecular flexibility index (Phi) is 4.44. The van der Waals surface area contributed by atoms with Gasteiger partial charge in [-0.1, -0.05) is 43.3 Å². The fourth-order valence-electron chi connectivity index (χ4n) is 2.74. The number of benzene rings is 1. The third kappa shape index (κ3) is 3.14. The average molecular weight is 296 g/mol. The van der Waals surface area contributed by atoms with Crippen LogP contribution in [0.4, 0.5) is 0 Å². The van der Waals surface area contributed by atoms with Gasteiger partial charge in [-0.15, -0.1) is 0 Å². The molecule has 1 N–H and O–H groups in total. The summed E-state index contributed by atoms with van der Waals surface area (Å²) in [5, 5.41) is 3.44. The zero-order valence-electron chi connectivity index (χ0n) is 13.4. The highest BCUT2D eigenvalue weighted by Crippen LogP contribution is 2.23. The number of pyridine rings is 1. The van der Waals surface area contributed by atoms with Crippen LogP contribution in [0.25, 0.3) is 11.3 Å². The maximum atomic E-state index is 12.9. The van der Waals surface area contributed by atoms with Gasteiger partial charge in [0.2, 0.25) is 0 Å². The molecule has 1 unspecified atom stereocenters. The molecule has 22 heavy (non-hydrogen) atoms. The summed E-state index contributed by atoms with van der Waals surface area (Å²) in [6, 6.07) is 15.1. The van der Waals surface area contributed by atoms with E-state index < -0.39 is 0 Å². The molecule has 1 aromatic carbocycles. The van der Waals surface area contributed by atoms with Crippen LogP contribution in [0, 0.1) is 0 Å². The Bertz CT molecular complexity index is 686. The summed E-state index contributed by atoms with van der Waals surface area (Å²) in [7, 11) is 0. The number of nitrogens with zero attached hydrogens (tertiary/aromatic N) is 1. The third-order valence-electron chi connectivity index (χ3n) is 4.46. The predicted molar refractivity (Wildman–Crippen MR) is 91.0 cm³/mol. The molecule has 116 valence electrons. The molecule has 3 heteroatoms. The van der Waals surface area contributed by atoms with Crippen LogP contribution in [0.1, 0.15) is 44.7 Å². The van der Waals surface area contributed by atoms with Gasteiger partial charge in [-0.05, 0) is 37.8 Å². The van der Waals surface area contributed by atoms with E-state index in [9.17, 15) is 4.79 Å². The second kappa shape index (κ2) is 6.49. The third-order valence-corrected chi connectivity index (χ3v) is 4.46. The van der Waals surface area contributed by atoms with Crippen molar-refractivity contribution in [3.63, 3.8) is 0 Å². The lowest BCUT2D eigenvalue weighted by atomic mass is 10.1. The summed E-state index contributed by atoms with van der Waals surface area (Å²) in [5.74, 6) is 0. The molecule has 0 bridgehead atoms. The Labute approximate surface area is 132 Å². The van der Waals surface area contributed by atoms with E-state index >= 15 is 0 Å². The molecule has 1 atom stereocenters. The van der Waals surface area contributed by atoms with Gasteiger partial charge in [-0.3, -0.25) is 4.79 Å². The van der Waals surface area contributed by atoms with Crippen molar-refractivity contribution in [1.82, 2.24) is 9.88 Å². The molecule has 1 aromatic heterocycles. The molecule has 3 rings (SSSR count). The van der Waals surface area contributed by atoms with Crippen LogP contribution in [-0.4, -0.2) is 10.6 Å². The van der Waals surface area contributed by atoms with Crippen molar-refractivity contribution >= 4 is 0 Å². The summed E-state index contributed by atoms with van der Waals surface area (Å²) in [6.45, 7) is 4.92. The molecule has 1 heterocycles. The minimum atomic E-state index is 0.142. The maximum absolute atomic E-state index is 12.9. The Balaban J connectivity index is 2.02. The van der Waals surface area contributed by atoms with E-state index in [2.05, 4.69) is 37.4 Å². The number of hydrogen-bond donors (Lipinski definition) is 1. The van der Waals surface area contributed by atoms with E-state index in [0.29, 0.717) is 12.6 Å². The van der Waals surface area contributed by atoms with Gasteiger partial charge in [0.1, 0.15) is 0 Å². The number of aromatic nitrogens is 1. The van der Waals surface area contributed by atoms with Crippen molar-refractivity contribution < 1.29 is 0 Å². The van der Waals surface area contributed by atoms with Gasteiger partial charge >= 0.3 is 0 Å². The lowest BCUT2D eigenvalue weighted by Crippen LogP contribution is -2.30. The fraction of sp³-hybridized carbons (Fsp3) is 0.421.